The first kappa shape index (κ1) is 11.5. The van der Waals surface area contributed by atoms with E-state index >= 15 is 0 Å². The Balaban J connectivity index is 2.60. The molecule has 0 aliphatic carbocycles. The van der Waals surface area contributed by atoms with Crippen molar-refractivity contribution < 1.29 is 17.2 Å². The summed E-state index contributed by atoms with van der Waals surface area (Å²) in [6, 6.07) is 2.29. The number of hydrogen-bond donors (Lipinski definition) is 2. The number of nitrogens with one attached hydrogen (secondary N) is 1. The van der Waals surface area contributed by atoms with Gasteiger partial charge < -0.3 is 5.73 Å². The van der Waals surface area contributed by atoms with Gasteiger partial charge in [-0.3, -0.25) is 5.10 Å². The lowest BCUT2D eigenvalue weighted by atomic mass is 10.3. The SMILES string of the molecule is Nc1[nH]ncc1S(=O)(=O)c1ccc(F)c(F)c1. The molecule has 1 heterocycles. The topological polar surface area (TPSA) is 88.8 Å². The Morgan fingerprint density at radius 2 is 1.94 bits per heavy atom. The van der Waals surface area contributed by atoms with Gasteiger partial charge in [0.15, 0.2) is 11.6 Å². The number of nitrogens with two attached hydrogens (primary N) is 1. The second-order valence-electron chi connectivity index (χ2n) is 3.23. The maximum Gasteiger partial charge on any atom is 0.211 e. The summed E-state index contributed by atoms with van der Waals surface area (Å²) >= 11 is 0. The molecule has 90 valence electrons. The zero-order valence-corrected chi connectivity index (χ0v) is 9.13. The van der Waals surface area contributed by atoms with Crippen LogP contribution in [0.2, 0.25) is 0 Å². The summed E-state index contributed by atoms with van der Waals surface area (Å²) in [6.45, 7) is 0. The highest BCUT2D eigenvalue weighted by molar-refractivity contribution is 7.91. The number of nitrogen functional groups attached to an aromatic ring is 1. The third-order valence-electron chi connectivity index (χ3n) is 2.12. The van der Waals surface area contributed by atoms with Crippen molar-refractivity contribution in [1.29, 1.82) is 0 Å². The highest BCUT2D eigenvalue weighted by atomic mass is 32.2. The number of benzene rings is 1. The molecule has 0 radical (unpaired) electrons. The van der Waals surface area contributed by atoms with Gasteiger partial charge in [0, 0.05) is 0 Å². The predicted molar refractivity (Wildman–Crippen MR) is 54.8 cm³/mol. The predicted octanol–water partition coefficient (Wildman–Crippen LogP) is 1.10. The number of nitrogens with zero attached hydrogens (tertiary/aromatic N) is 1. The smallest absolute Gasteiger partial charge is 0.211 e. The molecule has 0 aliphatic rings. The van der Waals surface area contributed by atoms with Gasteiger partial charge in [0.05, 0.1) is 11.1 Å². The van der Waals surface area contributed by atoms with Crippen molar-refractivity contribution >= 4 is 15.7 Å². The zero-order chi connectivity index (χ0) is 12.6. The number of aromatic nitrogens is 2. The lowest BCUT2D eigenvalue weighted by molar-refractivity contribution is 0.504. The Morgan fingerprint density at radius 1 is 1.24 bits per heavy atom. The van der Waals surface area contributed by atoms with E-state index in [9.17, 15) is 17.2 Å². The Kier molecular flexibility index (Phi) is 2.58. The van der Waals surface area contributed by atoms with Gasteiger partial charge in [-0.05, 0) is 18.2 Å². The number of anilines is 1. The summed E-state index contributed by atoms with van der Waals surface area (Å²) in [6.07, 6.45) is 1.01. The van der Waals surface area contributed by atoms with Crippen LogP contribution in [0.3, 0.4) is 0 Å². The highest BCUT2D eigenvalue weighted by Crippen LogP contribution is 2.24. The molecule has 8 heteroatoms. The van der Waals surface area contributed by atoms with Crippen LogP contribution in [-0.2, 0) is 9.84 Å². The molecular formula is C9H7F2N3O2S. The second-order valence-corrected chi connectivity index (χ2v) is 5.15. The van der Waals surface area contributed by atoms with Crippen molar-refractivity contribution in [1.82, 2.24) is 10.2 Å². The Morgan fingerprint density at radius 3 is 2.47 bits per heavy atom. The molecule has 0 unspecified atom stereocenters. The molecule has 0 atom stereocenters. The van der Waals surface area contributed by atoms with Crippen molar-refractivity contribution in [2.75, 3.05) is 5.73 Å². The molecule has 1 aromatic carbocycles. The molecule has 0 fully saturated rings. The van der Waals surface area contributed by atoms with E-state index in [4.69, 9.17) is 5.73 Å². The molecule has 5 nitrogen and oxygen atoms in total. The van der Waals surface area contributed by atoms with Crippen LogP contribution in [0.25, 0.3) is 0 Å². The molecule has 0 aliphatic heterocycles. The Labute approximate surface area is 95.2 Å². The fourth-order valence-electron chi connectivity index (χ4n) is 1.27. The van der Waals surface area contributed by atoms with Gasteiger partial charge in [-0.25, -0.2) is 17.2 Å². The average molecular weight is 259 g/mol. The lowest BCUT2D eigenvalue weighted by Gasteiger charge is -2.03. The molecule has 0 saturated heterocycles. The largest absolute Gasteiger partial charge is 0.383 e. The van der Waals surface area contributed by atoms with E-state index in [-0.39, 0.29) is 15.6 Å². The van der Waals surface area contributed by atoms with Crippen molar-refractivity contribution in [2.24, 2.45) is 0 Å². The van der Waals surface area contributed by atoms with Crippen molar-refractivity contribution in [2.45, 2.75) is 9.79 Å². The highest BCUT2D eigenvalue weighted by Gasteiger charge is 2.23. The van der Waals surface area contributed by atoms with Crippen LogP contribution in [-0.4, -0.2) is 18.6 Å². The number of rotatable bonds is 2. The first-order valence-corrected chi connectivity index (χ1v) is 5.90. The lowest BCUT2D eigenvalue weighted by Crippen LogP contribution is -2.05. The van der Waals surface area contributed by atoms with Gasteiger partial charge in [0.2, 0.25) is 9.84 Å². The van der Waals surface area contributed by atoms with Gasteiger partial charge in [0.1, 0.15) is 10.7 Å². The second kappa shape index (κ2) is 3.81. The summed E-state index contributed by atoms with van der Waals surface area (Å²) in [5.41, 5.74) is 5.37. The molecule has 2 aromatic rings. The summed E-state index contributed by atoms with van der Waals surface area (Å²) in [7, 11) is -3.99. The van der Waals surface area contributed by atoms with Gasteiger partial charge in [0.25, 0.3) is 0 Å². The van der Waals surface area contributed by atoms with Crippen LogP contribution in [0.4, 0.5) is 14.6 Å². The minimum atomic E-state index is -3.99. The number of hydrogen-bond acceptors (Lipinski definition) is 4. The molecule has 3 N–H and O–H groups in total. The fraction of sp³-hybridized carbons (Fsp3) is 0. The van der Waals surface area contributed by atoms with E-state index in [1.165, 1.54) is 0 Å². The van der Waals surface area contributed by atoms with Crippen molar-refractivity contribution in [3.8, 4) is 0 Å². The molecule has 17 heavy (non-hydrogen) atoms. The molecule has 2 rings (SSSR count). The third kappa shape index (κ3) is 1.86. The maximum absolute atomic E-state index is 13.0. The molecule has 1 aromatic heterocycles. The van der Waals surface area contributed by atoms with Crippen LogP contribution in [0.5, 0.6) is 0 Å². The average Bonchev–Trinajstić information content (AvgIpc) is 2.69. The fourth-order valence-corrected chi connectivity index (χ4v) is 2.56. The molecule has 0 bridgehead atoms. The molecule has 0 spiro atoms. The van der Waals surface area contributed by atoms with Gasteiger partial charge in [-0.15, -0.1) is 0 Å². The Hall–Kier alpha value is -1.96. The molecule has 0 amide bonds. The number of H-pyrrole nitrogens is 1. The van der Waals surface area contributed by atoms with Crippen LogP contribution in [0.15, 0.2) is 34.2 Å². The maximum atomic E-state index is 13.0. The Bertz CT molecular complexity index is 667. The third-order valence-corrected chi connectivity index (χ3v) is 3.90. The van der Waals surface area contributed by atoms with E-state index < -0.39 is 21.5 Å². The first-order chi connectivity index (χ1) is 7.93. The van der Waals surface area contributed by atoms with Crippen LogP contribution in [0, 0.1) is 11.6 Å². The van der Waals surface area contributed by atoms with E-state index in [1.54, 1.807) is 0 Å². The summed E-state index contributed by atoms with van der Waals surface area (Å²) in [5.74, 6) is -2.52. The zero-order valence-electron chi connectivity index (χ0n) is 8.31. The van der Waals surface area contributed by atoms with Crippen LogP contribution in [0.1, 0.15) is 0 Å². The quantitative estimate of drug-likeness (QED) is 0.790. The number of halogens is 2. The first-order valence-electron chi connectivity index (χ1n) is 4.42. The van der Waals surface area contributed by atoms with Gasteiger partial charge >= 0.3 is 0 Å². The van der Waals surface area contributed by atoms with Gasteiger partial charge in [-0.1, -0.05) is 0 Å². The molecular weight excluding hydrogens is 252 g/mol. The minimum absolute atomic E-state index is 0.158. The standard InChI is InChI=1S/C9H7F2N3O2S/c10-6-2-1-5(3-7(6)11)17(15,16)8-4-13-14-9(8)12/h1-4H,(H3,12,13,14). The van der Waals surface area contributed by atoms with E-state index in [1.807, 2.05) is 0 Å². The number of sulfone groups is 1. The monoisotopic (exact) mass is 259 g/mol. The minimum Gasteiger partial charge on any atom is -0.383 e. The van der Waals surface area contributed by atoms with Gasteiger partial charge in [-0.2, -0.15) is 5.10 Å². The van der Waals surface area contributed by atoms with E-state index in [0.717, 1.165) is 18.3 Å². The van der Waals surface area contributed by atoms with Crippen molar-refractivity contribution in [3.63, 3.8) is 0 Å². The summed E-state index contributed by atoms with van der Waals surface area (Å²) in [4.78, 5) is -0.659. The van der Waals surface area contributed by atoms with E-state index in [0.29, 0.717) is 6.07 Å². The van der Waals surface area contributed by atoms with E-state index in [2.05, 4.69) is 10.2 Å². The molecule has 0 saturated carbocycles. The summed E-state index contributed by atoms with van der Waals surface area (Å²) < 4.78 is 49.6. The summed E-state index contributed by atoms with van der Waals surface area (Å²) in [5, 5.41) is 5.71. The van der Waals surface area contributed by atoms with Crippen molar-refractivity contribution in [3.05, 3.63) is 36.0 Å². The normalized spacial score (nSPS) is 11.6. The van der Waals surface area contributed by atoms with Crippen LogP contribution >= 0.6 is 0 Å². The number of aromatic amines is 1. The van der Waals surface area contributed by atoms with Crippen LogP contribution < -0.4 is 5.73 Å².